The molecule has 70 valence electrons. The Morgan fingerprint density at radius 2 is 2.21 bits per heavy atom. The largest absolute Gasteiger partial charge is 0.495 e. The van der Waals surface area contributed by atoms with Crippen LogP contribution in [0.15, 0.2) is 17.5 Å². The third-order valence-electron chi connectivity index (χ3n) is 2.23. The van der Waals surface area contributed by atoms with E-state index in [9.17, 15) is 0 Å². The van der Waals surface area contributed by atoms with E-state index in [0.29, 0.717) is 5.56 Å². The molecule has 0 aliphatic carbocycles. The second-order valence-corrected chi connectivity index (χ2v) is 3.93. The van der Waals surface area contributed by atoms with Crippen LogP contribution in [0.5, 0.6) is 5.75 Å². The maximum atomic E-state index is 8.96. The van der Waals surface area contributed by atoms with Crippen molar-refractivity contribution in [3.8, 4) is 11.8 Å². The molecule has 14 heavy (non-hydrogen) atoms. The molecule has 2 aromatic rings. The van der Waals surface area contributed by atoms with Crippen molar-refractivity contribution in [3.05, 3.63) is 28.6 Å². The zero-order valence-corrected chi connectivity index (χ0v) is 8.81. The highest BCUT2D eigenvalue weighted by Crippen LogP contribution is 2.36. The minimum Gasteiger partial charge on any atom is -0.495 e. The van der Waals surface area contributed by atoms with Crippen molar-refractivity contribution in [3.63, 3.8) is 0 Å². The quantitative estimate of drug-likeness (QED) is 0.713. The van der Waals surface area contributed by atoms with Crippen molar-refractivity contribution in [2.45, 2.75) is 6.92 Å². The summed E-state index contributed by atoms with van der Waals surface area (Å²) in [6, 6.07) is 5.99. The van der Waals surface area contributed by atoms with Gasteiger partial charge in [-0.05, 0) is 18.6 Å². The van der Waals surface area contributed by atoms with E-state index in [1.165, 1.54) is 5.56 Å². The predicted molar refractivity (Wildman–Crippen MR) is 57.8 cm³/mol. The van der Waals surface area contributed by atoms with Gasteiger partial charge in [0, 0.05) is 10.1 Å². The maximum Gasteiger partial charge on any atom is 0.138 e. The number of ether oxygens (including phenoxy) is 1. The minimum atomic E-state index is 0.684. The summed E-state index contributed by atoms with van der Waals surface area (Å²) in [5.74, 6) is 0.797. The van der Waals surface area contributed by atoms with Gasteiger partial charge in [-0.15, -0.1) is 11.3 Å². The molecule has 0 saturated carbocycles. The zero-order chi connectivity index (χ0) is 10.1. The molecule has 0 fully saturated rings. The molecule has 0 atom stereocenters. The van der Waals surface area contributed by atoms with Crippen molar-refractivity contribution in [1.82, 2.24) is 0 Å². The summed E-state index contributed by atoms with van der Waals surface area (Å²) in [6.07, 6.45) is 0. The van der Waals surface area contributed by atoms with E-state index in [4.69, 9.17) is 10.00 Å². The van der Waals surface area contributed by atoms with Gasteiger partial charge >= 0.3 is 0 Å². The first kappa shape index (κ1) is 9.04. The fourth-order valence-corrected chi connectivity index (χ4v) is 2.52. The monoisotopic (exact) mass is 203 g/mol. The van der Waals surface area contributed by atoms with Crippen molar-refractivity contribution < 1.29 is 4.74 Å². The summed E-state index contributed by atoms with van der Waals surface area (Å²) >= 11 is 1.62. The van der Waals surface area contributed by atoms with Crippen LogP contribution in [-0.4, -0.2) is 7.11 Å². The normalized spacial score (nSPS) is 10.1. The number of benzene rings is 1. The molecule has 2 rings (SSSR count). The molecule has 0 amide bonds. The topological polar surface area (TPSA) is 33.0 Å². The van der Waals surface area contributed by atoms with Crippen LogP contribution < -0.4 is 4.74 Å². The summed E-state index contributed by atoms with van der Waals surface area (Å²) in [5.41, 5.74) is 1.87. The van der Waals surface area contributed by atoms with Crippen LogP contribution >= 0.6 is 11.3 Å². The van der Waals surface area contributed by atoms with Gasteiger partial charge in [-0.2, -0.15) is 5.26 Å². The molecule has 0 saturated heterocycles. The Morgan fingerprint density at radius 1 is 1.43 bits per heavy atom. The van der Waals surface area contributed by atoms with Gasteiger partial charge in [0.1, 0.15) is 5.75 Å². The lowest BCUT2D eigenvalue weighted by molar-refractivity contribution is 0.421. The number of thiophene rings is 1. The van der Waals surface area contributed by atoms with Gasteiger partial charge in [0.2, 0.25) is 0 Å². The number of aryl methyl sites for hydroxylation is 1. The molecule has 1 aromatic carbocycles. The van der Waals surface area contributed by atoms with Crippen molar-refractivity contribution in [2.75, 3.05) is 7.11 Å². The summed E-state index contributed by atoms with van der Waals surface area (Å²) < 4.78 is 6.36. The molecule has 3 heteroatoms. The highest BCUT2D eigenvalue weighted by Gasteiger charge is 2.10. The molecule has 2 nitrogen and oxygen atoms in total. The first-order valence-corrected chi connectivity index (χ1v) is 5.10. The number of fused-ring (bicyclic) bond motifs is 1. The van der Waals surface area contributed by atoms with Gasteiger partial charge < -0.3 is 4.74 Å². The van der Waals surface area contributed by atoms with E-state index in [1.807, 2.05) is 24.4 Å². The average Bonchev–Trinajstić information content (AvgIpc) is 2.63. The zero-order valence-electron chi connectivity index (χ0n) is 8.00. The van der Waals surface area contributed by atoms with E-state index < -0.39 is 0 Å². The Hall–Kier alpha value is -1.53. The Bertz CT molecular complexity index is 522. The fourth-order valence-electron chi connectivity index (χ4n) is 1.50. The van der Waals surface area contributed by atoms with Gasteiger partial charge in [0.05, 0.1) is 24.1 Å². The molecule has 0 unspecified atom stereocenters. The van der Waals surface area contributed by atoms with E-state index in [-0.39, 0.29) is 0 Å². The number of nitriles is 1. The highest BCUT2D eigenvalue weighted by atomic mass is 32.1. The molecule has 0 bridgehead atoms. The first-order valence-electron chi connectivity index (χ1n) is 4.23. The molecule has 1 aromatic heterocycles. The fraction of sp³-hybridized carbons (Fsp3) is 0.182. The number of methoxy groups -OCH3 is 1. The predicted octanol–water partition coefficient (Wildman–Crippen LogP) is 3.09. The van der Waals surface area contributed by atoms with Crippen molar-refractivity contribution >= 4 is 21.4 Å². The number of hydrogen-bond acceptors (Lipinski definition) is 3. The Morgan fingerprint density at radius 3 is 2.86 bits per heavy atom. The standard InChI is InChI=1S/C11H9NOS/c1-7-3-4-8(5-12)10-9(13-2)6-14-11(7)10/h3-4,6H,1-2H3. The third kappa shape index (κ3) is 1.16. The second kappa shape index (κ2) is 3.32. The summed E-state index contributed by atoms with van der Waals surface area (Å²) in [7, 11) is 1.63. The SMILES string of the molecule is COc1csc2c(C)ccc(C#N)c12. The molecular weight excluding hydrogens is 194 g/mol. The third-order valence-corrected chi connectivity index (χ3v) is 3.32. The molecule has 0 spiro atoms. The average molecular weight is 203 g/mol. The minimum absolute atomic E-state index is 0.684. The van der Waals surface area contributed by atoms with Crippen LogP contribution in [0.3, 0.4) is 0 Å². The van der Waals surface area contributed by atoms with Gasteiger partial charge in [-0.3, -0.25) is 0 Å². The summed E-state index contributed by atoms with van der Waals surface area (Å²) in [4.78, 5) is 0. The number of hydrogen-bond donors (Lipinski definition) is 0. The lowest BCUT2D eigenvalue weighted by atomic mass is 10.1. The molecule has 0 aliphatic rings. The van der Waals surface area contributed by atoms with Crippen LogP contribution in [0.2, 0.25) is 0 Å². The Balaban J connectivity index is 2.90. The van der Waals surface area contributed by atoms with Crippen LogP contribution in [0.4, 0.5) is 0 Å². The number of rotatable bonds is 1. The van der Waals surface area contributed by atoms with Gasteiger partial charge in [-0.1, -0.05) is 6.07 Å². The van der Waals surface area contributed by atoms with Crippen LogP contribution in [0, 0.1) is 18.3 Å². The van der Waals surface area contributed by atoms with Crippen LogP contribution in [0.25, 0.3) is 10.1 Å². The van der Waals surface area contributed by atoms with Crippen molar-refractivity contribution in [2.24, 2.45) is 0 Å². The Kier molecular flexibility index (Phi) is 2.14. The van der Waals surface area contributed by atoms with Gasteiger partial charge in [-0.25, -0.2) is 0 Å². The Labute approximate surface area is 86.4 Å². The highest BCUT2D eigenvalue weighted by molar-refractivity contribution is 7.17. The van der Waals surface area contributed by atoms with Gasteiger partial charge in [0.15, 0.2) is 0 Å². The lowest BCUT2D eigenvalue weighted by Gasteiger charge is -2.00. The lowest BCUT2D eigenvalue weighted by Crippen LogP contribution is -1.84. The van der Waals surface area contributed by atoms with E-state index in [1.54, 1.807) is 18.4 Å². The second-order valence-electron chi connectivity index (χ2n) is 3.05. The first-order chi connectivity index (χ1) is 6.77. The molecule has 1 heterocycles. The molecular formula is C11H9NOS. The molecule has 0 aliphatic heterocycles. The van der Waals surface area contributed by atoms with Crippen molar-refractivity contribution in [1.29, 1.82) is 5.26 Å². The summed E-state index contributed by atoms with van der Waals surface area (Å²) in [5, 5.41) is 11.9. The number of nitrogens with zero attached hydrogens (tertiary/aromatic N) is 1. The van der Waals surface area contributed by atoms with Gasteiger partial charge in [0.25, 0.3) is 0 Å². The van der Waals surface area contributed by atoms with Crippen LogP contribution in [0.1, 0.15) is 11.1 Å². The smallest absolute Gasteiger partial charge is 0.138 e. The molecule has 0 radical (unpaired) electrons. The maximum absolute atomic E-state index is 8.96. The van der Waals surface area contributed by atoms with E-state index >= 15 is 0 Å². The van der Waals surface area contributed by atoms with E-state index in [0.717, 1.165) is 15.8 Å². The van der Waals surface area contributed by atoms with E-state index in [2.05, 4.69) is 6.07 Å². The molecule has 0 N–H and O–H groups in total. The summed E-state index contributed by atoms with van der Waals surface area (Å²) in [6.45, 7) is 2.04. The van der Waals surface area contributed by atoms with Crippen LogP contribution in [-0.2, 0) is 0 Å².